The summed E-state index contributed by atoms with van der Waals surface area (Å²) in [5.41, 5.74) is 5.44. The highest BCUT2D eigenvalue weighted by Crippen LogP contribution is 2.23. The van der Waals surface area contributed by atoms with Crippen LogP contribution >= 0.6 is 0 Å². The van der Waals surface area contributed by atoms with Crippen LogP contribution in [0.1, 0.15) is 20.8 Å². The second-order valence-electron chi connectivity index (χ2n) is 5.91. The summed E-state index contributed by atoms with van der Waals surface area (Å²) in [7, 11) is 0. The molecule has 1 rings (SSSR count). The largest absolute Gasteiger partial charge is 0.394 e. The number of amides is 2. The molecule has 0 aromatic heterocycles. The number of hydrogen-bond donors (Lipinski definition) is 6. The standard InChI is InChI=1S/C14H27N3O7/c1-6(4-16-13(21)7(2)15)23-12-10(17-8(3)19)14(22)24-9(5-18)11(12)20/h6-7,9-12,14,18,20,22H,4-5,15H2,1-3H3,(H,16,21)(H,17,19)/t6?,7-,9+,10+,11+,12+,14-/m0/s1. The van der Waals surface area contributed by atoms with Gasteiger partial charge in [0.05, 0.1) is 18.8 Å². The smallest absolute Gasteiger partial charge is 0.236 e. The molecule has 10 heteroatoms. The molecule has 1 aliphatic heterocycles. The molecule has 0 bridgehead atoms. The van der Waals surface area contributed by atoms with E-state index in [4.69, 9.17) is 15.2 Å². The van der Waals surface area contributed by atoms with E-state index in [1.165, 1.54) is 13.8 Å². The second kappa shape index (κ2) is 9.25. The minimum absolute atomic E-state index is 0.122. The van der Waals surface area contributed by atoms with E-state index in [1.807, 2.05) is 0 Å². The van der Waals surface area contributed by atoms with Gasteiger partial charge in [0.25, 0.3) is 0 Å². The van der Waals surface area contributed by atoms with Crippen molar-refractivity contribution < 1.29 is 34.4 Å². The van der Waals surface area contributed by atoms with Gasteiger partial charge >= 0.3 is 0 Å². The number of nitrogens with one attached hydrogen (secondary N) is 2. The number of rotatable bonds is 7. The van der Waals surface area contributed by atoms with Crippen LogP contribution in [0.25, 0.3) is 0 Å². The fourth-order valence-electron chi connectivity index (χ4n) is 2.36. The van der Waals surface area contributed by atoms with E-state index in [2.05, 4.69) is 10.6 Å². The van der Waals surface area contributed by atoms with Crippen LogP contribution in [-0.2, 0) is 19.1 Å². The van der Waals surface area contributed by atoms with Gasteiger partial charge in [0.1, 0.15) is 24.4 Å². The Labute approximate surface area is 140 Å². The van der Waals surface area contributed by atoms with Gasteiger partial charge in [0, 0.05) is 13.5 Å². The summed E-state index contributed by atoms with van der Waals surface area (Å²) in [5, 5.41) is 34.5. The van der Waals surface area contributed by atoms with Gasteiger partial charge in [-0.05, 0) is 13.8 Å². The molecule has 140 valence electrons. The van der Waals surface area contributed by atoms with Crippen molar-refractivity contribution in [1.82, 2.24) is 10.6 Å². The van der Waals surface area contributed by atoms with Crippen molar-refractivity contribution in [3.63, 3.8) is 0 Å². The number of aliphatic hydroxyl groups excluding tert-OH is 3. The molecule has 0 aromatic carbocycles. The second-order valence-corrected chi connectivity index (χ2v) is 5.91. The van der Waals surface area contributed by atoms with E-state index < -0.39 is 55.3 Å². The molecule has 0 spiro atoms. The molecular weight excluding hydrogens is 322 g/mol. The van der Waals surface area contributed by atoms with Crippen LogP contribution in [0.5, 0.6) is 0 Å². The molecule has 0 aromatic rings. The Morgan fingerprint density at radius 1 is 1.33 bits per heavy atom. The zero-order valence-corrected chi connectivity index (χ0v) is 14.0. The Balaban J connectivity index is 2.76. The predicted octanol–water partition coefficient (Wildman–Crippen LogP) is -3.20. The number of nitrogens with two attached hydrogens (primary N) is 1. The number of hydrogen-bond acceptors (Lipinski definition) is 8. The molecule has 1 unspecified atom stereocenters. The predicted molar refractivity (Wildman–Crippen MR) is 82.6 cm³/mol. The van der Waals surface area contributed by atoms with Crippen LogP contribution < -0.4 is 16.4 Å². The number of aliphatic hydroxyl groups is 3. The molecule has 1 heterocycles. The normalized spacial score (nSPS) is 32.7. The lowest BCUT2D eigenvalue weighted by atomic mass is 9.96. The molecule has 10 nitrogen and oxygen atoms in total. The Morgan fingerprint density at radius 3 is 2.46 bits per heavy atom. The third-order valence-electron chi connectivity index (χ3n) is 3.61. The highest BCUT2D eigenvalue weighted by molar-refractivity contribution is 5.80. The molecule has 1 saturated heterocycles. The number of carbonyl (C=O) groups excluding carboxylic acids is 2. The fourth-order valence-corrected chi connectivity index (χ4v) is 2.36. The summed E-state index contributed by atoms with van der Waals surface area (Å²) >= 11 is 0. The van der Waals surface area contributed by atoms with Gasteiger partial charge in [-0.2, -0.15) is 0 Å². The van der Waals surface area contributed by atoms with E-state index in [9.17, 15) is 24.9 Å². The van der Waals surface area contributed by atoms with E-state index >= 15 is 0 Å². The quantitative estimate of drug-likeness (QED) is 0.280. The van der Waals surface area contributed by atoms with Crippen LogP contribution in [0.15, 0.2) is 0 Å². The van der Waals surface area contributed by atoms with Crippen molar-refractivity contribution in [2.75, 3.05) is 13.2 Å². The Hall–Kier alpha value is -1.30. The lowest BCUT2D eigenvalue weighted by molar-refractivity contribution is -0.267. The van der Waals surface area contributed by atoms with Crippen molar-refractivity contribution in [2.24, 2.45) is 5.73 Å². The molecule has 7 N–H and O–H groups in total. The van der Waals surface area contributed by atoms with Gasteiger partial charge in [-0.25, -0.2) is 0 Å². The maximum atomic E-state index is 11.5. The third kappa shape index (κ3) is 5.65. The Kier molecular flexibility index (Phi) is 8.00. The average molecular weight is 349 g/mol. The van der Waals surface area contributed by atoms with Crippen molar-refractivity contribution in [1.29, 1.82) is 0 Å². The SMILES string of the molecule is CC(=O)N[C@@H]1[C@@H](OC(C)CNC(=O)[C@H](C)N)[C@H](O)[C@@H](CO)O[C@@H]1O. The number of ether oxygens (including phenoxy) is 2. The topological polar surface area (TPSA) is 163 Å². The maximum absolute atomic E-state index is 11.5. The number of carbonyl (C=O) groups is 2. The van der Waals surface area contributed by atoms with Crippen LogP contribution in [-0.4, -0.2) is 83.1 Å². The summed E-state index contributed by atoms with van der Waals surface area (Å²) in [6.07, 6.45) is -5.36. The first kappa shape index (κ1) is 20.7. The first-order valence-corrected chi connectivity index (χ1v) is 7.75. The average Bonchev–Trinajstić information content (AvgIpc) is 2.51. The van der Waals surface area contributed by atoms with E-state index in [0.29, 0.717) is 0 Å². The van der Waals surface area contributed by atoms with Crippen LogP contribution in [0.4, 0.5) is 0 Å². The lowest BCUT2D eigenvalue weighted by Crippen LogP contribution is -2.65. The van der Waals surface area contributed by atoms with Gasteiger partial charge in [-0.3, -0.25) is 9.59 Å². The minimum atomic E-state index is -1.45. The first-order chi connectivity index (χ1) is 11.2. The molecule has 1 aliphatic rings. The molecule has 2 amide bonds. The summed E-state index contributed by atoms with van der Waals surface area (Å²) < 4.78 is 10.8. The fraction of sp³-hybridized carbons (Fsp3) is 0.857. The molecular formula is C14H27N3O7. The Bertz CT molecular complexity index is 435. The highest BCUT2D eigenvalue weighted by Gasteiger charge is 2.46. The van der Waals surface area contributed by atoms with Gasteiger partial charge < -0.3 is 41.2 Å². The molecule has 0 saturated carbocycles. The third-order valence-corrected chi connectivity index (χ3v) is 3.61. The van der Waals surface area contributed by atoms with Crippen molar-refractivity contribution >= 4 is 11.8 Å². The van der Waals surface area contributed by atoms with E-state index in [-0.39, 0.29) is 12.5 Å². The van der Waals surface area contributed by atoms with Gasteiger partial charge in [-0.15, -0.1) is 0 Å². The monoisotopic (exact) mass is 349 g/mol. The molecule has 24 heavy (non-hydrogen) atoms. The van der Waals surface area contributed by atoms with Crippen LogP contribution in [0.3, 0.4) is 0 Å². The first-order valence-electron chi connectivity index (χ1n) is 7.75. The summed E-state index contributed by atoms with van der Waals surface area (Å²) in [5.74, 6) is -0.798. The summed E-state index contributed by atoms with van der Waals surface area (Å²) in [6, 6.07) is -1.69. The molecule has 0 radical (unpaired) electrons. The van der Waals surface area contributed by atoms with Gasteiger partial charge in [0.15, 0.2) is 6.29 Å². The lowest BCUT2D eigenvalue weighted by Gasteiger charge is -2.43. The molecule has 0 aliphatic carbocycles. The highest BCUT2D eigenvalue weighted by atomic mass is 16.6. The molecule has 1 fully saturated rings. The zero-order valence-electron chi connectivity index (χ0n) is 14.0. The summed E-state index contributed by atoms with van der Waals surface area (Å²) in [4.78, 5) is 22.8. The van der Waals surface area contributed by atoms with Crippen molar-refractivity contribution in [3.05, 3.63) is 0 Å². The van der Waals surface area contributed by atoms with Gasteiger partial charge in [0.2, 0.25) is 11.8 Å². The van der Waals surface area contributed by atoms with Crippen LogP contribution in [0.2, 0.25) is 0 Å². The van der Waals surface area contributed by atoms with Crippen LogP contribution in [0, 0.1) is 0 Å². The zero-order chi connectivity index (χ0) is 18.4. The minimum Gasteiger partial charge on any atom is -0.394 e. The van der Waals surface area contributed by atoms with Crippen molar-refractivity contribution in [3.8, 4) is 0 Å². The van der Waals surface area contributed by atoms with Crippen molar-refractivity contribution in [2.45, 2.75) is 63.6 Å². The maximum Gasteiger partial charge on any atom is 0.236 e. The van der Waals surface area contributed by atoms with E-state index in [0.717, 1.165) is 0 Å². The summed E-state index contributed by atoms with van der Waals surface area (Å²) in [6.45, 7) is 4.03. The van der Waals surface area contributed by atoms with Gasteiger partial charge in [-0.1, -0.05) is 0 Å². The van der Waals surface area contributed by atoms with E-state index in [1.54, 1.807) is 6.92 Å². The Morgan fingerprint density at radius 2 is 1.96 bits per heavy atom. The molecule has 7 atom stereocenters.